The third-order valence-electron chi connectivity index (χ3n) is 3.48. The van der Waals surface area contributed by atoms with E-state index < -0.39 is 0 Å². The number of aliphatic hydroxyl groups excluding tert-OH is 1. The zero-order valence-corrected chi connectivity index (χ0v) is 11.8. The van der Waals surface area contributed by atoms with Gasteiger partial charge in [-0.3, -0.25) is 9.69 Å². The Morgan fingerprint density at radius 2 is 2.20 bits per heavy atom. The van der Waals surface area contributed by atoms with Gasteiger partial charge < -0.3 is 14.7 Å². The number of ether oxygens (including phenoxy) is 1. The Morgan fingerprint density at radius 3 is 2.85 bits per heavy atom. The van der Waals surface area contributed by atoms with Crippen molar-refractivity contribution in [3.05, 3.63) is 23.9 Å². The SMILES string of the molecule is COc1ccc(C(=O)N2CCCN(CCO)CC2)cn1. The lowest BCUT2D eigenvalue weighted by Gasteiger charge is -2.21. The summed E-state index contributed by atoms with van der Waals surface area (Å²) in [4.78, 5) is 20.5. The molecule has 2 rings (SSSR count). The van der Waals surface area contributed by atoms with Gasteiger partial charge in [0.2, 0.25) is 5.88 Å². The highest BCUT2D eigenvalue weighted by molar-refractivity contribution is 5.94. The van der Waals surface area contributed by atoms with E-state index in [1.54, 1.807) is 25.4 Å². The largest absolute Gasteiger partial charge is 0.481 e. The van der Waals surface area contributed by atoms with Gasteiger partial charge in [-0.25, -0.2) is 4.98 Å². The molecule has 1 aromatic heterocycles. The number of amides is 1. The minimum atomic E-state index is 0.00556. The Hall–Kier alpha value is -1.66. The summed E-state index contributed by atoms with van der Waals surface area (Å²) in [6.07, 6.45) is 2.48. The van der Waals surface area contributed by atoms with Crippen LogP contribution in [0.4, 0.5) is 0 Å². The van der Waals surface area contributed by atoms with Crippen molar-refractivity contribution in [1.29, 1.82) is 0 Å². The average Bonchev–Trinajstić information content (AvgIpc) is 2.73. The van der Waals surface area contributed by atoms with Gasteiger partial charge in [0.15, 0.2) is 0 Å². The number of carbonyl (C=O) groups excluding carboxylic acids is 1. The van der Waals surface area contributed by atoms with Crippen LogP contribution in [0, 0.1) is 0 Å². The minimum Gasteiger partial charge on any atom is -0.481 e. The molecule has 110 valence electrons. The second-order valence-corrected chi connectivity index (χ2v) is 4.80. The maximum Gasteiger partial charge on any atom is 0.255 e. The molecule has 0 saturated carbocycles. The van der Waals surface area contributed by atoms with Crippen LogP contribution in [0.15, 0.2) is 18.3 Å². The molecule has 0 aliphatic carbocycles. The quantitative estimate of drug-likeness (QED) is 0.854. The normalized spacial score (nSPS) is 16.8. The number of methoxy groups -OCH3 is 1. The molecule has 0 spiro atoms. The standard InChI is InChI=1S/C14H21N3O3/c1-20-13-4-3-12(11-15-13)14(19)17-6-2-5-16(7-8-17)9-10-18/h3-4,11,18H,2,5-10H2,1H3. The van der Waals surface area contributed by atoms with Gasteiger partial charge in [-0.05, 0) is 19.0 Å². The first kappa shape index (κ1) is 14.7. The van der Waals surface area contributed by atoms with Crippen LogP contribution in [0.25, 0.3) is 0 Å². The number of hydrogen-bond donors (Lipinski definition) is 1. The molecule has 1 aliphatic heterocycles. The van der Waals surface area contributed by atoms with Crippen LogP contribution in [-0.2, 0) is 0 Å². The first-order valence-electron chi connectivity index (χ1n) is 6.87. The van der Waals surface area contributed by atoms with Crippen molar-refractivity contribution in [1.82, 2.24) is 14.8 Å². The number of pyridine rings is 1. The first-order chi connectivity index (χ1) is 9.74. The Labute approximate surface area is 119 Å². The number of β-amino-alcohol motifs (C(OH)–C–C–N with tert-alkyl or cyclic N) is 1. The van der Waals surface area contributed by atoms with E-state index in [0.717, 1.165) is 26.1 Å². The predicted octanol–water partition coefficient (Wildman–Crippen LogP) is 0.230. The number of aromatic nitrogens is 1. The molecule has 6 nitrogen and oxygen atoms in total. The fourth-order valence-electron chi connectivity index (χ4n) is 2.35. The molecular weight excluding hydrogens is 258 g/mol. The van der Waals surface area contributed by atoms with Crippen molar-refractivity contribution in [2.75, 3.05) is 46.4 Å². The number of hydrogen-bond acceptors (Lipinski definition) is 5. The number of nitrogens with zero attached hydrogens (tertiary/aromatic N) is 3. The molecule has 1 N–H and O–H groups in total. The highest BCUT2D eigenvalue weighted by Crippen LogP contribution is 2.11. The molecule has 6 heteroatoms. The van der Waals surface area contributed by atoms with Crippen LogP contribution >= 0.6 is 0 Å². The van der Waals surface area contributed by atoms with Gasteiger partial charge >= 0.3 is 0 Å². The van der Waals surface area contributed by atoms with Crippen molar-refractivity contribution in [2.24, 2.45) is 0 Å². The zero-order valence-electron chi connectivity index (χ0n) is 11.8. The topological polar surface area (TPSA) is 65.9 Å². The molecule has 1 amide bonds. The van der Waals surface area contributed by atoms with Gasteiger partial charge in [0, 0.05) is 38.4 Å². The van der Waals surface area contributed by atoms with E-state index in [1.165, 1.54) is 0 Å². The van der Waals surface area contributed by atoms with Crippen LogP contribution in [0.1, 0.15) is 16.8 Å². The molecule has 0 bridgehead atoms. The van der Waals surface area contributed by atoms with Crippen LogP contribution in [-0.4, -0.2) is 72.2 Å². The zero-order chi connectivity index (χ0) is 14.4. The minimum absolute atomic E-state index is 0.00556. The van der Waals surface area contributed by atoms with Gasteiger partial charge in [-0.15, -0.1) is 0 Å². The monoisotopic (exact) mass is 279 g/mol. The Bertz CT molecular complexity index is 436. The molecule has 0 atom stereocenters. The van der Waals surface area contributed by atoms with Gasteiger partial charge in [0.05, 0.1) is 19.3 Å². The van der Waals surface area contributed by atoms with Crippen molar-refractivity contribution < 1.29 is 14.6 Å². The van der Waals surface area contributed by atoms with E-state index in [0.29, 0.717) is 24.5 Å². The highest BCUT2D eigenvalue weighted by atomic mass is 16.5. The summed E-state index contributed by atoms with van der Waals surface area (Å²) in [5.74, 6) is 0.512. The Morgan fingerprint density at radius 1 is 1.35 bits per heavy atom. The van der Waals surface area contributed by atoms with Crippen LogP contribution in [0.3, 0.4) is 0 Å². The third-order valence-corrected chi connectivity index (χ3v) is 3.48. The van der Waals surface area contributed by atoms with Crippen molar-refractivity contribution in [2.45, 2.75) is 6.42 Å². The van der Waals surface area contributed by atoms with E-state index in [9.17, 15) is 4.79 Å². The predicted molar refractivity (Wildman–Crippen MR) is 74.8 cm³/mol. The van der Waals surface area contributed by atoms with E-state index in [4.69, 9.17) is 9.84 Å². The summed E-state index contributed by atoms with van der Waals surface area (Å²) >= 11 is 0. The number of aliphatic hydroxyl groups is 1. The summed E-state index contributed by atoms with van der Waals surface area (Å²) in [7, 11) is 1.55. The summed E-state index contributed by atoms with van der Waals surface area (Å²) in [5, 5.41) is 8.97. The molecule has 1 fully saturated rings. The van der Waals surface area contributed by atoms with Gasteiger partial charge in [-0.2, -0.15) is 0 Å². The van der Waals surface area contributed by atoms with Crippen molar-refractivity contribution in [3.63, 3.8) is 0 Å². The van der Waals surface area contributed by atoms with Gasteiger partial charge in [-0.1, -0.05) is 0 Å². The van der Waals surface area contributed by atoms with Crippen LogP contribution in [0.2, 0.25) is 0 Å². The first-order valence-corrected chi connectivity index (χ1v) is 6.87. The average molecular weight is 279 g/mol. The fraction of sp³-hybridized carbons (Fsp3) is 0.571. The number of carbonyl (C=O) groups is 1. The maximum absolute atomic E-state index is 12.4. The lowest BCUT2D eigenvalue weighted by atomic mass is 10.2. The molecule has 1 saturated heterocycles. The van der Waals surface area contributed by atoms with Crippen molar-refractivity contribution in [3.8, 4) is 5.88 Å². The molecule has 2 heterocycles. The summed E-state index contributed by atoms with van der Waals surface area (Å²) < 4.78 is 4.99. The van der Waals surface area contributed by atoms with E-state index >= 15 is 0 Å². The van der Waals surface area contributed by atoms with E-state index in [-0.39, 0.29) is 12.5 Å². The molecule has 1 aliphatic rings. The molecule has 0 unspecified atom stereocenters. The molecule has 20 heavy (non-hydrogen) atoms. The lowest BCUT2D eigenvalue weighted by molar-refractivity contribution is 0.0760. The number of rotatable bonds is 4. The maximum atomic E-state index is 12.4. The van der Waals surface area contributed by atoms with Crippen LogP contribution < -0.4 is 4.74 Å². The van der Waals surface area contributed by atoms with Gasteiger partial charge in [0.1, 0.15) is 0 Å². The second kappa shape index (κ2) is 7.21. The van der Waals surface area contributed by atoms with Crippen LogP contribution in [0.5, 0.6) is 5.88 Å². The summed E-state index contributed by atoms with van der Waals surface area (Å²) in [6.45, 7) is 3.99. The Kier molecular flexibility index (Phi) is 5.31. The van der Waals surface area contributed by atoms with Crippen molar-refractivity contribution >= 4 is 5.91 Å². The smallest absolute Gasteiger partial charge is 0.255 e. The third kappa shape index (κ3) is 3.68. The molecular formula is C14H21N3O3. The molecule has 0 aromatic carbocycles. The fourth-order valence-corrected chi connectivity index (χ4v) is 2.35. The van der Waals surface area contributed by atoms with E-state index in [2.05, 4.69) is 9.88 Å². The van der Waals surface area contributed by atoms with E-state index in [1.807, 2.05) is 4.90 Å². The van der Waals surface area contributed by atoms with Gasteiger partial charge in [0.25, 0.3) is 5.91 Å². The second-order valence-electron chi connectivity index (χ2n) is 4.80. The molecule has 0 radical (unpaired) electrons. The lowest BCUT2D eigenvalue weighted by Crippen LogP contribution is -2.35. The Balaban J connectivity index is 1.97. The summed E-state index contributed by atoms with van der Waals surface area (Å²) in [6, 6.07) is 3.44. The summed E-state index contributed by atoms with van der Waals surface area (Å²) in [5.41, 5.74) is 0.585. The molecule has 1 aromatic rings. The highest BCUT2D eigenvalue weighted by Gasteiger charge is 2.20.